The molecule has 2 amide bonds. The maximum absolute atomic E-state index is 13.0. The first-order valence-corrected chi connectivity index (χ1v) is 9.07. The fraction of sp³-hybridized carbons (Fsp3) is 0.0952. The van der Waals surface area contributed by atoms with Gasteiger partial charge in [-0.3, -0.25) is 9.59 Å². The van der Waals surface area contributed by atoms with Gasteiger partial charge in [0, 0.05) is 18.8 Å². The molecule has 6 nitrogen and oxygen atoms in total. The summed E-state index contributed by atoms with van der Waals surface area (Å²) in [4.78, 5) is 28.2. The smallest absolute Gasteiger partial charge is 0.253 e. The van der Waals surface area contributed by atoms with Crippen LogP contribution in [0.2, 0.25) is 5.02 Å². The molecule has 0 spiro atoms. The topological polar surface area (TPSA) is 80.3 Å². The number of hydrogen-bond acceptors (Lipinski definition) is 4. The maximum Gasteiger partial charge on any atom is 0.253 e. The van der Waals surface area contributed by atoms with Crippen LogP contribution in [0.5, 0.6) is 11.6 Å². The van der Waals surface area contributed by atoms with E-state index in [1.165, 1.54) is 24.3 Å². The highest BCUT2D eigenvalue weighted by atomic mass is 35.5. The van der Waals surface area contributed by atoms with Crippen LogP contribution in [0, 0.1) is 5.82 Å². The zero-order chi connectivity index (χ0) is 20.6. The zero-order valence-electron chi connectivity index (χ0n) is 15.2. The standard InChI is InChI=1S/C21H17ClFN3O3/c22-18-4-2-1-3-17(18)21(28)26-13-19(27)25-12-14-9-10-24-20(11-14)29-16-7-5-15(23)6-8-16/h1-11H,12-13H2,(H,25,27)(H,26,28). The van der Waals surface area contributed by atoms with Gasteiger partial charge in [0.15, 0.2) is 0 Å². The fourth-order valence-corrected chi connectivity index (χ4v) is 2.63. The summed E-state index contributed by atoms with van der Waals surface area (Å²) in [7, 11) is 0. The summed E-state index contributed by atoms with van der Waals surface area (Å²) in [6.45, 7) is 0.0389. The summed E-state index contributed by atoms with van der Waals surface area (Å²) < 4.78 is 18.5. The van der Waals surface area contributed by atoms with E-state index in [0.717, 1.165) is 5.56 Å². The second-order valence-corrected chi connectivity index (χ2v) is 6.40. The van der Waals surface area contributed by atoms with E-state index in [0.29, 0.717) is 22.2 Å². The van der Waals surface area contributed by atoms with Gasteiger partial charge in [-0.2, -0.15) is 0 Å². The van der Waals surface area contributed by atoms with Crippen molar-refractivity contribution < 1.29 is 18.7 Å². The lowest BCUT2D eigenvalue weighted by atomic mass is 10.2. The molecule has 0 aliphatic carbocycles. The summed E-state index contributed by atoms with van der Waals surface area (Å²) >= 11 is 5.96. The second kappa shape index (κ2) is 9.66. The van der Waals surface area contributed by atoms with Gasteiger partial charge in [-0.1, -0.05) is 23.7 Å². The number of pyridine rings is 1. The Morgan fingerprint density at radius 1 is 1.03 bits per heavy atom. The number of ether oxygens (including phenoxy) is 1. The molecule has 0 atom stereocenters. The molecule has 0 aliphatic heterocycles. The monoisotopic (exact) mass is 413 g/mol. The molecule has 0 aliphatic rings. The number of nitrogens with one attached hydrogen (secondary N) is 2. The third-order valence-electron chi connectivity index (χ3n) is 3.85. The van der Waals surface area contributed by atoms with Crippen molar-refractivity contribution in [3.63, 3.8) is 0 Å². The van der Waals surface area contributed by atoms with Crippen LogP contribution >= 0.6 is 11.6 Å². The Kier molecular flexibility index (Phi) is 6.76. The molecule has 3 rings (SSSR count). The Hall–Kier alpha value is -3.45. The van der Waals surface area contributed by atoms with E-state index < -0.39 is 5.91 Å². The van der Waals surface area contributed by atoms with Gasteiger partial charge in [0.05, 0.1) is 17.1 Å². The summed E-state index contributed by atoms with van der Waals surface area (Å²) in [5, 5.41) is 5.54. The first-order chi connectivity index (χ1) is 14.0. The average molecular weight is 414 g/mol. The van der Waals surface area contributed by atoms with Crippen LogP contribution in [-0.2, 0) is 11.3 Å². The van der Waals surface area contributed by atoms with Crippen LogP contribution in [0.4, 0.5) is 4.39 Å². The van der Waals surface area contributed by atoms with Gasteiger partial charge in [-0.15, -0.1) is 0 Å². The molecule has 2 aromatic carbocycles. The van der Waals surface area contributed by atoms with Gasteiger partial charge in [0.2, 0.25) is 11.8 Å². The quantitative estimate of drug-likeness (QED) is 0.618. The summed E-state index contributed by atoms with van der Waals surface area (Å²) in [5.41, 5.74) is 1.06. The highest BCUT2D eigenvalue weighted by Crippen LogP contribution is 2.20. The third kappa shape index (κ3) is 6.02. The average Bonchev–Trinajstić information content (AvgIpc) is 2.73. The number of carbonyl (C=O) groups is 2. The van der Waals surface area contributed by atoms with E-state index in [2.05, 4.69) is 15.6 Å². The van der Waals surface area contributed by atoms with E-state index in [9.17, 15) is 14.0 Å². The number of halogens is 2. The Bertz CT molecular complexity index is 1010. The zero-order valence-corrected chi connectivity index (χ0v) is 15.9. The Morgan fingerprint density at radius 3 is 2.55 bits per heavy atom. The Morgan fingerprint density at radius 2 is 1.79 bits per heavy atom. The van der Waals surface area contributed by atoms with Crippen molar-refractivity contribution in [2.45, 2.75) is 6.54 Å². The number of amides is 2. The van der Waals surface area contributed by atoms with E-state index in [4.69, 9.17) is 16.3 Å². The van der Waals surface area contributed by atoms with Crippen molar-refractivity contribution in [1.29, 1.82) is 0 Å². The van der Waals surface area contributed by atoms with Crippen LogP contribution < -0.4 is 15.4 Å². The van der Waals surface area contributed by atoms with Crippen molar-refractivity contribution in [2.24, 2.45) is 0 Å². The molecule has 0 saturated carbocycles. The van der Waals surface area contributed by atoms with Crippen LogP contribution in [0.25, 0.3) is 0 Å². The molecule has 0 bridgehead atoms. The molecule has 8 heteroatoms. The SMILES string of the molecule is O=C(CNC(=O)c1ccccc1Cl)NCc1ccnc(Oc2ccc(F)cc2)c1. The Labute approximate surface area is 171 Å². The van der Waals surface area contributed by atoms with Crippen molar-refractivity contribution >= 4 is 23.4 Å². The highest BCUT2D eigenvalue weighted by molar-refractivity contribution is 6.33. The number of aromatic nitrogens is 1. The lowest BCUT2D eigenvalue weighted by Crippen LogP contribution is -2.36. The van der Waals surface area contributed by atoms with E-state index in [-0.39, 0.29) is 24.8 Å². The number of carbonyl (C=O) groups excluding carboxylic acids is 2. The predicted molar refractivity (Wildman–Crippen MR) is 106 cm³/mol. The van der Waals surface area contributed by atoms with Crippen molar-refractivity contribution in [3.05, 3.63) is 88.8 Å². The molecular formula is C21H17ClFN3O3. The number of benzene rings is 2. The minimum atomic E-state index is -0.426. The van der Waals surface area contributed by atoms with Crippen molar-refractivity contribution in [1.82, 2.24) is 15.6 Å². The first-order valence-electron chi connectivity index (χ1n) is 8.69. The number of rotatable bonds is 7. The maximum atomic E-state index is 13.0. The summed E-state index contributed by atoms with van der Waals surface area (Å²) in [6.07, 6.45) is 1.54. The summed E-state index contributed by atoms with van der Waals surface area (Å²) in [5.74, 6) is -0.381. The molecule has 0 saturated heterocycles. The molecule has 1 heterocycles. The van der Waals surface area contributed by atoms with Gasteiger partial charge in [0.1, 0.15) is 11.6 Å². The second-order valence-electron chi connectivity index (χ2n) is 6.00. The normalized spacial score (nSPS) is 10.3. The lowest BCUT2D eigenvalue weighted by molar-refractivity contribution is -0.120. The minimum Gasteiger partial charge on any atom is -0.439 e. The molecule has 148 valence electrons. The van der Waals surface area contributed by atoms with E-state index >= 15 is 0 Å². The fourth-order valence-electron chi connectivity index (χ4n) is 2.40. The molecular weight excluding hydrogens is 397 g/mol. The van der Waals surface area contributed by atoms with Gasteiger partial charge in [0.25, 0.3) is 5.91 Å². The van der Waals surface area contributed by atoms with Crippen LogP contribution in [-0.4, -0.2) is 23.3 Å². The van der Waals surface area contributed by atoms with E-state index in [1.807, 2.05) is 0 Å². The van der Waals surface area contributed by atoms with Crippen LogP contribution in [0.1, 0.15) is 15.9 Å². The number of hydrogen-bond donors (Lipinski definition) is 2. The van der Waals surface area contributed by atoms with E-state index in [1.54, 1.807) is 42.6 Å². The highest BCUT2D eigenvalue weighted by Gasteiger charge is 2.11. The van der Waals surface area contributed by atoms with Gasteiger partial charge in [-0.05, 0) is 48.0 Å². The first kappa shape index (κ1) is 20.3. The summed E-state index contributed by atoms with van der Waals surface area (Å²) in [6, 6.07) is 15.5. The third-order valence-corrected chi connectivity index (χ3v) is 4.18. The predicted octanol–water partition coefficient (Wildman–Crippen LogP) is 3.71. The van der Waals surface area contributed by atoms with Gasteiger partial charge >= 0.3 is 0 Å². The molecule has 0 fully saturated rings. The molecule has 29 heavy (non-hydrogen) atoms. The Balaban J connectivity index is 1.49. The minimum absolute atomic E-state index is 0.186. The van der Waals surface area contributed by atoms with Gasteiger partial charge < -0.3 is 15.4 Å². The molecule has 0 unspecified atom stereocenters. The lowest BCUT2D eigenvalue weighted by Gasteiger charge is -2.09. The number of nitrogens with zero attached hydrogens (tertiary/aromatic N) is 1. The molecule has 2 N–H and O–H groups in total. The largest absolute Gasteiger partial charge is 0.439 e. The van der Waals surface area contributed by atoms with Crippen molar-refractivity contribution in [3.8, 4) is 11.6 Å². The molecule has 3 aromatic rings. The van der Waals surface area contributed by atoms with Gasteiger partial charge in [-0.25, -0.2) is 9.37 Å². The molecule has 0 radical (unpaired) electrons. The van der Waals surface area contributed by atoms with Crippen LogP contribution in [0.3, 0.4) is 0 Å². The van der Waals surface area contributed by atoms with Crippen LogP contribution in [0.15, 0.2) is 66.9 Å². The molecule has 1 aromatic heterocycles. The van der Waals surface area contributed by atoms with Crippen molar-refractivity contribution in [2.75, 3.05) is 6.54 Å².